The second-order valence-corrected chi connectivity index (χ2v) is 1.70. The van der Waals surface area contributed by atoms with Crippen molar-refractivity contribution in [2.45, 2.75) is 6.42 Å². The molecule has 0 aromatic carbocycles. The van der Waals surface area contributed by atoms with E-state index in [2.05, 4.69) is 17.1 Å². The standard InChI is InChI=1S/C6H12N2O/c1-2-4-7-5-3-6-8-9/h2,7H,1,3-6H2. The maximum absolute atomic E-state index is 9.54. The Bertz CT molecular complexity index is 73.1. The molecule has 0 aliphatic heterocycles. The van der Waals surface area contributed by atoms with Gasteiger partial charge in [-0.05, 0) is 13.0 Å². The number of nitrogens with one attached hydrogen (secondary N) is 1. The van der Waals surface area contributed by atoms with Crippen molar-refractivity contribution in [1.82, 2.24) is 5.32 Å². The molecule has 3 heteroatoms. The van der Waals surface area contributed by atoms with E-state index < -0.39 is 0 Å². The molecule has 0 saturated heterocycles. The summed E-state index contributed by atoms with van der Waals surface area (Å²) in [6.45, 7) is 5.59. The highest BCUT2D eigenvalue weighted by Crippen LogP contribution is 1.75. The number of hydrogen-bond acceptors (Lipinski definition) is 3. The molecule has 1 N–H and O–H groups in total. The Hall–Kier alpha value is -0.700. The van der Waals surface area contributed by atoms with Crippen LogP contribution in [0, 0.1) is 4.91 Å². The zero-order chi connectivity index (χ0) is 6.95. The summed E-state index contributed by atoms with van der Waals surface area (Å²) >= 11 is 0. The number of rotatable bonds is 6. The molecule has 0 radical (unpaired) electrons. The molecule has 0 saturated carbocycles. The Balaban J connectivity index is 2.74. The van der Waals surface area contributed by atoms with E-state index in [1.165, 1.54) is 0 Å². The van der Waals surface area contributed by atoms with E-state index >= 15 is 0 Å². The van der Waals surface area contributed by atoms with E-state index in [1.54, 1.807) is 6.08 Å². The normalized spacial score (nSPS) is 8.89. The fourth-order valence-corrected chi connectivity index (χ4v) is 0.473. The molecule has 52 valence electrons. The fraction of sp³-hybridized carbons (Fsp3) is 0.667. The summed E-state index contributed by atoms with van der Waals surface area (Å²) in [6, 6.07) is 0. The smallest absolute Gasteiger partial charge is 0.0823 e. The largest absolute Gasteiger partial charge is 0.313 e. The van der Waals surface area contributed by atoms with Crippen LogP contribution in [0.2, 0.25) is 0 Å². The molecule has 3 nitrogen and oxygen atoms in total. The van der Waals surface area contributed by atoms with Crippen LogP contribution in [0.25, 0.3) is 0 Å². The molecule has 0 aromatic rings. The molecular formula is C6H12N2O. The molecular weight excluding hydrogens is 116 g/mol. The second-order valence-electron chi connectivity index (χ2n) is 1.70. The summed E-state index contributed by atoms with van der Waals surface area (Å²) < 4.78 is 0. The van der Waals surface area contributed by atoms with E-state index in [9.17, 15) is 4.91 Å². The zero-order valence-corrected chi connectivity index (χ0v) is 5.47. The third-order valence-corrected chi connectivity index (χ3v) is 0.892. The SMILES string of the molecule is C=CCNCCCN=O. The van der Waals surface area contributed by atoms with Crippen LogP contribution < -0.4 is 5.32 Å². The van der Waals surface area contributed by atoms with Gasteiger partial charge in [0.1, 0.15) is 0 Å². The van der Waals surface area contributed by atoms with E-state index in [4.69, 9.17) is 0 Å². The fourth-order valence-electron chi connectivity index (χ4n) is 0.473. The lowest BCUT2D eigenvalue weighted by Gasteiger charge is -1.95. The molecule has 0 unspecified atom stereocenters. The van der Waals surface area contributed by atoms with Crippen molar-refractivity contribution in [1.29, 1.82) is 0 Å². The molecule has 0 fully saturated rings. The summed E-state index contributed by atoms with van der Waals surface area (Å²) in [5.74, 6) is 0. The quantitative estimate of drug-likeness (QED) is 0.328. The first-order chi connectivity index (χ1) is 4.41. The molecule has 0 aliphatic rings. The summed E-state index contributed by atoms with van der Waals surface area (Å²) in [5.41, 5.74) is 0. The Morgan fingerprint density at radius 1 is 1.67 bits per heavy atom. The van der Waals surface area contributed by atoms with Gasteiger partial charge >= 0.3 is 0 Å². The summed E-state index contributed by atoms with van der Waals surface area (Å²) in [5, 5.41) is 5.77. The Labute approximate surface area is 55.1 Å². The van der Waals surface area contributed by atoms with Crippen LogP contribution >= 0.6 is 0 Å². The van der Waals surface area contributed by atoms with Gasteiger partial charge in [0.2, 0.25) is 0 Å². The minimum Gasteiger partial charge on any atom is -0.313 e. The molecule has 0 rings (SSSR count). The molecule has 0 amide bonds. The second kappa shape index (κ2) is 7.30. The van der Waals surface area contributed by atoms with Gasteiger partial charge in [0.05, 0.1) is 6.54 Å². The van der Waals surface area contributed by atoms with Gasteiger partial charge in [0, 0.05) is 6.54 Å². The van der Waals surface area contributed by atoms with Crippen molar-refractivity contribution in [3.8, 4) is 0 Å². The monoisotopic (exact) mass is 128 g/mol. The maximum Gasteiger partial charge on any atom is 0.0823 e. The molecule has 0 bridgehead atoms. The molecule has 0 heterocycles. The van der Waals surface area contributed by atoms with Crippen molar-refractivity contribution < 1.29 is 0 Å². The lowest BCUT2D eigenvalue weighted by Crippen LogP contribution is -2.15. The highest BCUT2D eigenvalue weighted by molar-refractivity contribution is 4.69. The van der Waals surface area contributed by atoms with E-state index in [0.717, 1.165) is 19.5 Å². The van der Waals surface area contributed by atoms with E-state index in [1.807, 2.05) is 0 Å². The Kier molecular flexibility index (Phi) is 6.73. The average Bonchev–Trinajstić information content (AvgIpc) is 1.89. The average molecular weight is 128 g/mol. The molecule has 0 atom stereocenters. The minimum absolute atomic E-state index is 0.407. The van der Waals surface area contributed by atoms with Crippen LogP contribution in [0.4, 0.5) is 0 Å². The Morgan fingerprint density at radius 3 is 3.00 bits per heavy atom. The van der Waals surface area contributed by atoms with Crippen molar-refractivity contribution in [2.24, 2.45) is 5.18 Å². The van der Waals surface area contributed by atoms with Gasteiger partial charge in [-0.3, -0.25) is 0 Å². The molecule has 0 spiro atoms. The van der Waals surface area contributed by atoms with Gasteiger partial charge in [0.15, 0.2) is 0 Å². The van der Waals surface area contributed by atoms with Gasteiger partial charge in [-0.1, -0.05) is 11.3 Å². The topological polar surface area (TPSA) is 41.5 Å². The highest BCUT2D eigenvalue weighted by atomic mass is 16.3. The van der Waals surface area contributed by atoms with Crippen LogP contribution in [0.5, 0.6) is 0 Å². The lowest BCUT2D eigenvalue weighted by atomic mass is 10.4. The van der Waals surface area contributed by atoms with Gasteiger partial charge in [-0.25, -0.2) is 0 Å². The molecule has 0 aliphatic carbocycles. The maximum atomic E-state index is 9.54. The first kappa shape index (κ1) is 8.30. The number of hydrogen-bond donors (Lipinski definition) is 1. The van der Waals surface area contributed by atoms with Crippen LogP contribution in [-0.2, 0) is 0 Å². The van der Waals surface area contributed by atoms with Gasteiger partial charge in [0.25, 0.3) is 0 Å². The predicted molar refractivity (Wildman–Crippen MR) is 38.3 cm³/mol. The van der Waals surface area contributed by atoms with Crippen molar-refractivity contribution in [3.63, 3.8) is 0 Å². The number of nitrogens with zero attached hydrogens (tertiary/aromatic N) is 1. The third kappa shape index (κ3) is 7.30. The van der Waals surface area contributed by atoms with Gasteiger partial charge in [-0.15, -0.1) is 6.58 Å². The third-order valence-electron chi connectivity index (χ3n) is 0.892. The van der Waals surface area contributed by atoms with E-state index in [0.29, 0.717) is 6.54 Å². The minimum atomic E-state index is 0.407. The first-order valence-corrected chi connectivity index (χ1v) is 3.02. The van der Waals surface area contributed by atoms with Crippen molar-refractivity contribution >= 4 is 0 Å². The van der Waals surface area contributed by atoms with Gasteiger partial charge in [-0.2, -0.15) is 4.91 Å². The van der Waals surface area contributed by atoms with Crippen LogP contribution in [0.15, 0.2) is 17.8 Å². The summed E-state index contributed by atoms with van der Waals surface area (Å²) in [6.07, 6.45) is 2.60. The summed E-state index contributed by atoms with van der Waals surface area (Å²) in [7, 11) is 0. The highest BCUT2D eigenvalue weighted by Gasteiger charge is 1.82. The number of nitroso groups, excluding NO2 is 1. The van der Waals surface area contributed by atoms with E-state index in [-0.39, 0.29) is 0 Å². The lowest BCUT2D eigenvalue weighted by molar-refractivity contribution is 0.699. The Morgan fingerprint density at radius 2 is 2.44 bits per heavy atom. The molecule has 0 aromatic heterocycles. The van der Waals surface area contributed by atoms with Crippen molar-refractivity contribution in [2.75, 3.05) is 19.6 Å². The van der Waals surface area contributed by atoms with Crippen LogP contribution in [0.1, 0.15) is 6.42 Å². The van der Waals surface area contributed by atoms with Gasteiger partial charge < -0.3 is 5.32 Å². The zero-order valence-electron chi connectivity index (χ0n) is 5.47. The molecule has 9 heavy (non-hydrogen) atoms. The van der Waals surface area contributed by atoms with Crippen molar-refractivity contribution in [3.05, 3.63) is 17.6 Å². The summed E-state index contributed by atoms with van der Waals surface area (Å²) in [4.78, 5) is 9.54. The van der Waals surface area contributed by atoms with Crippen LogP contribution in [-0.4, -0.2) is 19.6 Å². The first-order valence-electron chi connectivity index (χ1n) is 3.02. The predicted octanol–water partition coefficient (Wildman–Crippen LogP) is 0.918. The van der Waals surface area contributed by atoms with Crippen LogP contribution in [0.3, 0.4) is 0 Å².